The van der Waals surface area contributed by atoms with E-state index in [0.717, 1.165) is 28.3 Å². The van der Waals surface area contributed by atoms with Gasteiger partial charge < -0.3 is 19.1 Å². The van der Waals surface area contributed by atoms with Crippen molar-refractivity contribution in [3.63, 3.8) is 0 Å². The molecule has 1 fully saturated rings. The molecule has 11 heteroatoms. The van der Waals surface area contributed by atoms with Crippen molar-refractivity contribution in [2.24, 2.45) is 0 Å². The summed E-state index contributed by atoms with van der Waals surface area (Å²) < 4.78 is 20.4. The molecule has 0 radical (unpaired) electrons. The molecule has 1 amide bonds. The van der Waals surface area contributed by atoms with Crippen molar-refractivity contribution in [2.75, 3.05) is 26.3 Å². The molecular weight excluding hydrogens is 663 g/mol. The molecule has 0 spiro atoms. The van der Waals surface area contributed by atoms with Crippen molar-refractivity contribution in [1.82, 2.24) is 14.5 Å². The van der Waals surface area contributed by atoms with Gasteiger partial charge in [0.1, 0.15) is 18.9 Å². The van der Waals surface area contributed by atoms with E-state index in [0.29, 0.717) is 66.3 Å². The average molecular weight is 708 g/mol. The number of nitrogens with zero attached hydrogens (tertiary/aromatic N) is 4. The molecule has 1 aliphatic heterocycles. The molecule has 0 aliphatic carbocycles. The predicted octanol–water partition coefficient (Wildman–Crippen LogP) is 9.54. The van der Waals surface area contributed by atoms with Crippen LogP contribution < -0.4 is 4.74 Å². The number of benzene rings is 3. The maximum absolute atomic E-state index is 13.0. The molecule has 0 atom stereocenters. The van der Waals surface area contributed by atoms with E-state index in [4.69, 9.17) is 42.4 Å². The number of ether oxygens (including phenoxy) is 3. The Hall–Kier alpha value is -3.55. The third kappa shape index (κ3) is 8.72. The molecule has 5 rings (SSSR count). The lowest BCUT2D eigenvalue weighted by molar-refractivity contribution is 0.0123. The summed E-state index contributed by atoms with van der Waals surface area (Å²) in [7, 11) is -1.28. The second kappa shape index (κ2) is 14.5. The van der Waals surface area contributed by atoms with Crippen LogP contribution in [0.4, 0.5) is 4.79 Å². The first kappa shape index (κ1) is 35.7. The third-order valence-corrected chi connectivity index (χ3v) is 11.1. The molecule has 254 valence electrons. The minimum absolute atomic E-state index is 0.268. The minimum Gasteiger partial charge on any atom is -0.464 e. The predicted molar refractivity (Wildman–Crippen MR) is 195 cm³/mol. The number of piperidine rings is 1. The number of likely N-dealkylation sites (tertiary alicyclic amines) is 1. The van der Waals surface area contributed by atoms with Gasteiger partial charge in [0.15, 0.2) is 0 Å². The summed E-state index contributed by atoms with van der Waals surface area (Å²) in [6.45, 7) is 14.9. The quantitative estimate of drug-likeness (QED) is 0.121. The number of imidazole rings is 1. The van der Waals surface area contributed by atoms with Crippen LogP contribution >= 0.6 is 23.2 Å². The summed E-state index contributed by atoms with van der Waals surface area (Å²) in [5, 5.41) is 10.2. The molecule has 2 heterocycles. The Labute approximate surface area is 294 Å². The van der Waals surface area contributed by atoms with E-state index in [2.05, 4.69) is 50.0 Å². The first-order chi connectivity index (χ1) is 22.7. The number of rotatable bonds is 10. The van der Waals surface area contributed by atoms with Crippen LogP contribution in [0.2, 0.25) is 35.7 Å². The van der Waals surface area contributed by atoms with Crippen LogP contribution in [0.5, 0.6) is 6.01 Å². The third-order valence-electron chi connectivity index (χ3n) is 8.64. The molecule has 3 aromatic carbocycles. The molecule has 0 N–H and O–H groups in total. The van der Waals surface area contributed by atoms with Gasteiger partial charge in [0.05, 0.1) is 32.7 Å². The van der Waals surface area contributed by atoms with E-state index in [-0.39, 0.29) is 12.8 Å². The summed E-state index contributed by atoms with van der Waals surface area (Å²) in [6, 6.07) is 23.2. The van der Waals surface area contributed by atoms with Crippen LogP contribution in [0.1, 0.15) is 44.7 Å². The van der Waals surface area contributed by atoms with Crippen molar-refractivity contribution >= 4 is 48.4 Å². The SMILES string of the molecule is CC(C)(C)OC(=O)N1CCC(COc2nc3cc(Cl)c(Cl)cc3n2COCC[Si](C)(C)C)(c2ccc(-c3cccc(C#N)c3)cc2)CC1. The fourth-order valence-corrected chi connectivity index (χ4v) is 6.89. The van der Waals surface area contributed by atoms with Crippen LogP contribution in [0.15, 0.2) is 60.7 Å². The number of carbonyl (C=O) groups is 1. The highest BCUT2D eigenvalue weighted by Gasteiger charge is 2.40. The van der Waals surface area contributed by atoms with Crippen molar-refractivity contribution in [3.05, 3.63) is 81.8 Å². The van der Waals surface area contributed by atoms with Gasteiger partial charge in [-0.3, -0.25) is 4.57 Å². The molecule has 1 aliphatic rings. The first-order valence-electron chi connectivity index (χ1n) is 16.3. The molecular formula is C37H44Cl2N4O4Si. The molecule has 4 aromatic rings. The Balaban J connectivity index is 1.44. The van der Waals surface area contributed by atoms with E-state index >= 15 is 0 Å². The van der Waals surface area contributed by atoms with Crippen molar-refractivity contribution < 1.29 is 19.0 Å². The van der Waals surface area contributed by atoms with Gasteiger partial charge in [-0.15, -0.1) is 0 Å². The summed E-state index contributed by atoms with van der Waals surface area (Å²) >= 11 is 12.8. The Bertz CT molecular complexity index is 1800. The standard InChI is InChI=1S/C37H44Cl2N4O4Si/c1-36(2,3)47-35(44)42-16-14-37(15-17-42,29-12-10-27(11-13-29)28-9-7-8-26(20-28)23-40)24-46-34-41-32-21-30(38)31(39)22-33(32)43(34)25-45-18-19-48(4,5)6/h7-13,20-22H,14-19,24-25H2,1-6H3. The van der Waals surface area contributed by atoms with E-state index in [1.165, 1.54) is 0 Å². The van der Waals surface area contributed by atoms with Crippen LogP contribution in [-0.4, -0.2) is 60.5 Å². The van der Waals surface area contributed by atoms with Gasteiger partial charge in [-0.2, -0.15) is 10.2 Å². The highest BCUT2D eigenvalue weighted by Crippen LogP contribution is 2.39. The molecule has 0 bridgehead atoms. The van der Waals surface area contributed by atoms with Crippen LogP contribution in [0.3, 0.4) is 0 Å². The fourth-order valence-electron chi connectivity index (χ4n) is 5.81. The number of hydrogen-bond donors (Lipinski definition) is 0. The molecule has 0 saturated carbocycles. The van der Waals surface area contributed by atoms with Gasteiger partial charge in [-0.05, 0) is 80.6 Å². The highest BCUT2D eigenvalue weighted by atomic mass is 35.5. The number of amides is 1. The molecule has 48 heavy (non-hydrogen) atoms. The number of halogens is 2. The molecule has 0 unspecified atom stereocenters. The second-order valence-electron chi connectivity index (χ2n) is 14.7. The lowest BCUT2D eigenvalue weighted by atomic mass is 9.73. The van der Waals surface area contributed by atoms with E-state index in [1.54, 1.807) is 23.1 Å². The molecule has 8 nitrogen and oxygen atoms in total. The number of hydrogen-bond acceptors (Lipinski definition) is 6. The second-order valence-corrected chi connectivity index (χ2v) is 21.2. The van der Waals surface area contributed by atoms with Crippen molar-refractivity contribution in [2.45, 2.75) is 77.0 Å². The lowest BCUT2D eigenvalue weighted by Gasteiger charge is -2.42. The molecule has 1 aromatic heterocycles. The van der Waals surface area contributed by atoms with Crippen LogP contribution in [0.25, 0.3) is 22.2 Å². The highest BCUT2D eigenvalue weighted by molar-refractivity contribution is 6.76. The van der Waals surface area contributed by atoms with Gasteiger partial charge >= 0.3 is 6.09 Å². The Morgan fingerprint density at radius 3 is 2.33 bits per heavy atom. The maximum Gasteiger partial charge on any atom is 0.410 e. The van der Waals surface area contributed by atoms with Crippen LogP contribution in [0, 0.1) is 11.3 Å². The average Bonchev–Trinajstić information content (AvgIpc) is 3.37. The van der Waals surface area contributed by atoms with Gasteiger partial charge in [-0.1, -0.05) is 79.2 Å². The zero-order chi connectivity index (χ0) is 34.7. The molecule has 1 saturated heterocycles. The van der Waals surface area contributed by atoms with Crippen LogP contribution in [-0.2, 0) is 21.6 Å². The number of nitriles is 1. The zero-order valence-corrected chi connectivity index (χ0v) is 31.1. The largest absolute Gasteiger partial charge is 0.464 e. The number of carbonyl (C=O) groups excluding carboxylic acids is 1. The van der Waals surface area contributed by atoms with Gasteiger partial charge in [0.2, 0.25) is 0 Å². The maximum atomic E-state index is 13.0. The minimum atomic E-state index is -1.28. The first-order valence-corrected chi connectivity index (χ1v) is 20.8. The van der Waals surface area contributed by atoms with E-state index in [9.17, 15) is 10.1 Å². The summed E-state index contributed by atoms with van der Waals surface area (Å²) in [4.78, 5) is 19.6. The number of fused-ring (bicyclic) bond motifs is 1. The van der Waals surface area contributed by atoms with Gasteiger partial charge in [-0.25, -0.2) is 4.79 Å². The summed E-state index contributed by atoms with van der Waals surface area (Å²) in [5.41, 5.74) is 4.18. The topological polar surface area (TPSA) is 89.6 Å². The van der Waals surface area contributed by atoms with Crippen molar-refractivity contribution in [3.8, 4) is 23.2 Å². The Kier molecular flexibility index (Phi) is 10.8. The van der Waals surface area contributed by atoms with Crippen molar-refractivity contribution in [1.29, 1.82) is 5.26 Å². The monoisotopic (exact) mass is 706 g/mol. The summed E-state index contributed by atoms with van der Waals surface area (Å²) in [6.07, 6.45) is 1.02. The van der Waals surface area contributed by atoms with Gasteiger partial charge in [0, 0.05) is 33.2 Å². The zero-order valence-electron chi connectivity index (χ0n) is 28.6. The van der Waals surface area contributed by atoms with Gasteiger partial charge in [0.25, 0.3) is 6.01 Å². The normalized spacial score (nSPS) is 14.9. The Morgan fingerprint density at radius 2 is 1.69 bits per heavy atom. The fraction of sp³-hybridized carbons (Fsp3) is 0.432. The Morgan fingerprint density at radius 1 is 1.00 bits per heavy atom. The smallest absolute Gasteiger partial charge is 0.410 e. The number of aromatic nitrogens is 2. The lowest BCUT2D eigenvalue weighted by Crippen LogP contribution is -2.49. The van der Waals surface area contributed by atoms with E-state index < -0.39 is 19.1 Å². The van der Waals surface area contributed by atoms with E-state index in [1.807, 2.05) is 43.5 Å². The summed E-state index contributed by atoms with van der Waals surface area (Å²) in [5.74, 6) is 0.